The Morgan fingerprint density at radius 1 is 1.25 bits per heavy atom. The predicted molar refractivity (Wildman–Crippen MR) is 77.3 cm³/mol. The highest BCUT2D eigenvalue weighted by Gasteiger charge is 2.27. The molecule has 0 amide bonds. The van der Waals surface area contributed by atoms with E-state index in [-0.39, 0.29) is 11.9 Å². The van der Waals surface area contributed by atoms with E-state index in [1.165, 1.54) is 0 Å². The summed E-state index contributed by atoms with van der Waals surface area (Å²) in [5.74, 6) is 0.428. The average Bonchev–Trinajstić information content (AvgIpc) is 2.46. The lowest BCUT2D eigenvalue weighted by molar-refractivity contribution is 0.316. The number of hydrogen-bond donors (Lipinski definition) is 2. The van der Waals surface area contributed by atoms with Gasteiger partial charge < -0.3 is 10.9 Å². The average molecular weight is 289 g/mol. The molecule has 0 fully saturated rings. The van der Waals surface area contributed by atoms with Gasteiger partial charge in [-0.2, -0.15) is 0 Å². The molecule has 102 valence electrons. The van der Waals surface area contributed by atoms with E-state index in [4.69, 9.17) is 17.3 Å². The zero-order valence-electron chi connectivity index (χ0n) is 10.6. The van der Waals surface area contributed by atoms with Gasteiger partial charge in [0.15, 0.2) is 0 Å². The number of aromatic nitrogens is 2. The quantitative estimate of drug-likeness (QED) is 0.624. The molecule has 6 heteroatoms. The molecule has 1 heterocycles. The Morgan fingerprint density at radius 2 is 2.00 bits per heavy atom. The van der Waals surface area contributed by atoms with Crippen LogP contribution in [0.2, 0.25) is 5.02 Å². The van der Waals surface area contributed by atoms with Crippen LogP contribution in [-0.4, -0.2) is 20.9 Å². The molecule has 0 aliphatic heterocycles. The van der Waals surface area contributed by atoms with Crippen LogP contribution in [0.3, 0.4) is 0 Å². The molecule has 1 atom stereocenters. The van der Waals surface area contributed by atoms with Gasteiger partial charge in [-0.05, 0) is 30.0 Å². The fraction of sp³-hybridized carbons (Fsp3) is 0.214. The first-order valence-electron chi connectivity index (χ1n) is 6.25. The maximum atomic E-state index is 9.20. The number of nitrogens with two attached hydrogens (primary N) is 1. The van der Waals surface area contributed by atoms with E-state index in [0.29, 0.717) is 17.2 Å². The molecule has 3 rings (SSSR count). The van der Waals surface area contributed by atoms with Gasteiger partial charge in [-0.3, -0.25) is 0 Å². The van der Waals surface area contributed by atoms with Crippen molar-refractivity contribution in [2.45, 2.75) is 18.8 Å². The monoisotopic (exact) mass is 288 g/mol. The van der Waals surface area contributed by atoms with Crippen molar-refractivity contribution >= 4 is 23.3 Å². The molecule has 1 aromatic carbocycles. The Balaban J connectivity index is 2.00. The molecule has 3 N–H and O–H groups in total. The third kappa shape index (κ3) is 2.32. The maximum absolute atomic E-state index is 9.20. The van der Waals surface area contributed by atoms with Crippen LogP contribution in [0.1, 0.15) is 29.2 Å². The Kier molecular flexibility index (Phi) is 3.28. The van der Waals surface area contributed by atoms with E-state index in [2.05, 4.69) is 15.1 Å². The number of nitrogens with zero attached hydrogens (tertiary/aromatic N) is 3. The second-order valence-electron chi connectivity index (χ2n) is 4.79. The molecule has 1 unspecified atom stereocenters. The fourth-order valence-corrected chi connectivity index (χ4v) is 2.67. The summed E-state index contributed by atoms with van der Waals surface area (Å²) >= 11 is 5.91. The highest BCUT2D eigenvalue weighted by molar-refractivity contribution is 6.30. The summed E-state index contributed by atoms with van der Waals surface area (Å²) in [6.07, 6.45) is 2.99. The lowest BCUT2D eigenvalue weighted by Crippen LogP contribution is -2.22. The first-order chi connectivity index (χ1) is 9.67. The first kappa shape index (κ1) is 12.9. The minimum atomic E-state index is 0.194. The van der Waals surface area contributed by atoms with Gasteiger partial charge in [-0.25, -0.2) is 9.97 Å². The smallest absolute Gasteiger partial charge is 0.220 e. The largest absolute Gasteiger partial charge is 0.411 e. The summed E-state index contributed by atoms with van der Waals surface area (Å²) in [5.41, 5.74) is 8.94. The zero-order chi connectivity index (χ0) is 14.1. The number of benzene rings is 1. The van der Waals surface area contributed by atoms with Crippen LogP contribution in [0.4, 0.5) is 5.95 Å². The molecule has 5 nitrogen and oxygen atoms in total. The highest BCUT2D eigenvalue weighted by Crippen LogP contribution is 2.32. The molecule has 2 aromatic rings. The minimum Gasteiger partial charge on any atom is -0.411 e. The second kappa shape index (κ2) is 5.09. The van der Waals surface area contributed by atoms with Crippen molar-refractivity contribution in [1.29, 1.82) is 0 Å². The summed E-state index contributed by atoms with van der Waals surface area (Å²) in [7, 11) is 0. The minimum absolute atomic E-state index is 0.194. The second-order valence-corrected chi connectivity index (χ2v) is 5.23. The lowest BCUT2D eigenvalue weighted by atomic mass is 9.82. The molecule has 0 spiro atoms. The number of halogens is 1. The predicted octanol–water partition coefficient (Wildman–Crippen LogP) is 2.62. The van der Waals surface area contributed by atoms with Crippen molar-refractivity contribution in [2.75, 3.05) is 5.73 Å². The fourth-order valence-electron chi connectivity index (χ4n) is 2.54. The van der Waals surface area contributed by atoms with E-state index < -0.39 is 0 Å². The van der Waals surface area contributed by atoms with Crippen LogP contribution < -0.4 is 5.73 Å². The maximum Gasteiger partial charge on any atom is 0.220 e. The van der Waals surface area contributed by atoms with Gasteiger partial charge in [0.1, 0.15) is 0 Å². The zero-order valence-corrected chi connectivity index (χ0v) is 11.4. The van der Waals surface area contributed by atoms with Gasteiger partial charge in [0.2, 0.25) is 5.95 Å². The van der Waals surface area contributed by atoms with Crippen molar-refractivity contribution in [2.24, 2.45) is 5.16 Å². The van der Waals surface area contributed by atoms with Crippen LogP contribution in [0.15, 0.2) is 35.6 Å². The standard InChI is InChI=1S/C14H13ClN4O/c15-10-3-1-8(2-4-10)9-5-12-11(13(6-9)19-20)7-17-14(16)18-12/h1-4,7,9,20H,5-6H2,(H2,16,17,18). The number of anilines is 1. The highest BCUT2D eigenvalue weighted by atomic mass is 35.5. The molecule has 20 heavy (non-hydrogen) atoms. The molecular weight excluding hydrogens is 276 g/mol. The SMILES string of the molecule is Nc1ncc2c(n1)CC(c1ccc(Cl)cc1)CC2=NO. The van der Waals surface area contributed by atoms with Gasteiger partial charge in [-0.15, -0.1) is 0 Å². The molecule has 1 aromatic heterocycles. The normalized spacial score (nSPS) is 19.9. The summed E-state index contributed by atoms with van der Waals surface area (Å²) in [5, 5.41) is 13.3. The Labute approximate surface area is 121 Å². The van der Waals surface area contributed by atoms with Gasteiger partial charge in [0.05, 0.1) is 11.4 Å². The topological polar surface area (TPSA) is 84.4 Å². The summed E-state index contributed by atoms with van der Waals surface area (Å²) in [6, 6.07) is 7.68. The summed E-state index contributed by atoms with van der Waals surface area (Å²) in [6.45, 7) is 0. The van der Waals surface area contributed by atoms with Crippen LogP contribution in [0.5, 0.6) is 0 Å². The summed E-state index contributed by atoms with van der Waals surface area (Å²) in [4.78, 5) is 8.21. The van der Waals surface area contributed by atoms with Gasteiger partial charge in [0.25, 0.3) is 0 Å². The Bertz CT molecular complexity index is 669. The van der Waals surface area contributed by atoms with Crippen molar-refractivity contribution in [3.05, 3.63) is 52.3 Å². The number of nitrogen functional groups attached to an aromatic ring is 1. The van der Waals surface area contributed by atoms with E-state index in [1.54, 1.807) is 6.20 Å². The molecule has 0 radical (unpaired) electrons. The molecule has 0 saturated carbocycles. The van der Waals surface area contributed by atoms with Gasteiger partial charge >= 0.3 is 0 Å². The summed E-state index contributed by atoms with van der Waals surface area (Å²) < 4.78 is 0. The van der Waals surface area contributed by atoms with Crippen LogP contribution in [0, 0.1) is 0 Å². The van der Waals surface area contributed by atoms with Crippen LogP contribution in [-0.2, 0) is 6.42 Å². The van der Waals surface area contributed by atoms with E-state index >= 15 is 0 Å². The van der Waals surface area contributed by atoms with E-state index in [0.717, 1.165) is 23.2 Å². The van der Waals surface area contributed by atoms with Crippen LogP contribution >= 0.6 is 11.6 Å². The Morgan fingerprint density at radius 3 is 2.70 bits per heavy atom. The van der Waals surface area contributed by atoms with Crippen LogP contribution in [0.25, 0.3) is 0 Å². The number of hydrogen-bond acceptors (Lipinski definition) is 5. The van der Waals surface area contributed by atoms with Crippen molar-refractivity contribution in [3.63, 3.8) is 0 Å². The molecular formula is C14H13ClN4O. The third-order valence-corrected chi connectivity index (χ3v) is 3.79. The number of oxime groups is 1. The van der Waals surface area contributed by atoms with Crippen molar-refractivity contribution in [1.82, 2.24) is 9.97 Å². The first-order valence-corrected chi connectivity index (χ1v) is 6.63. The van der Waals surface area contributed by atoms with Gasteiger partial charge in [0, 0.05) is 23.2 Å². The van der Waals surface area contributed by atoms with Crippen molar-refractivity contribution in [3.8, 4) is 0 Å². The molecule has 1 aliphatic rings. The molecule has 0 saturated heterocycles. The van der Waals surface area contributed by atoms with Crippen molar-refractivity contribution < 1.29 is 5.21 Å². The molecule has 1 aliphatic carbocycles. The van der Waals surface area contributed by atoms with E-state index in [1.807, 2.05) is 24.3 Å². The molecule has 0 bridgehead atoms. The number of rotatable bonds is 1. The Hall–Kier alpha value is -2.14. The third-order valence-electron chi connectivity index (χ3n) is 3.54. The lowest BCUT2D eigenvalue weighted by Gasteiger charge is -2.24. The van der Waals surface area contributed by atoms with Gasteiger partial charge in [-0.1, -0.05) is 28.9 Å². The van der Waals surface area contributed by atoms with E-state index in [9.17, 15) is 5.21 Å². The number of fused-ring (bicyclic) bond motifs is 1.